The molecule has 2 unspecified atom stereocenters. The van der Waals surface area contributed by atoms with Crippen molar-refractivity contribution >= 4 is 0 Å². The Kier molecular flexibility index (Phi) is 4.71. The lowest BCUT2D eigenvalue weighted by Crippen LogP contribution is -2.22. The van der Waals surface area contributed by atoms with Crippen LogP contribution in [0, 0.1) is 11.7 Å². The third-order valence-corrected chi connectivity index (χ3v) is 2.80. The van der Waals surface area contributed by atoms with Crippen LogP contribution in [0.1, 0.15) is 25.0 Å². The lowest BCUT2D eigenvalue weighted by Gasteiger charge is -2.20. The average Bonchev–Trinajstić information content (AvgIpc) is 2.30. The van der Waals surface area contributed by atoms with Gasteiger partial charge in [-0.3, -0.25) is 0 Å². The molecular formula is C12H18FNO2. The largest absolute Gasteiger partial charge is 0.497 e. The Labute approximate surface area is 95.0 Å². The van der Waals surface area contributed by atoms with E-state index in [9.17, 15) is 9.50 Å². The Morgan fingerprint density at radius 1 is 1.50 bits per heavy atom. The van der Waals surface area contributed by atoms with Crippen LogP contribution in [0.15, 0.2) is 18.2 Å². The van der Waals surface area contributed by atoms with Gasteiger partial charge in [0.1, 0.15) is 11.6 Å². The zero-order chi connectivity index (χ0) is 12.1. The second-order valence-electron chi connectivity index (χ2n) is 3.74. The van der Waals surface area contributed by atoms with E-state index in [0.717, 1.165) is 0 Å². The van der Waals surface area contributed by atoms with Crippen molar-refractivity contribution in [1.29, 1.82) is 0 Å². The van der Waals surface area contributed by atoms with Crippen LogP contribution >= 0.6 is 0 Å². The molecule has 0 heterocycles. The van der Waals surface area contributed by atoms with Gasteiger partial charge in [-0.2, -0.15) is 0 Å². The molecule has 0 aliphatic heterocycles. The number of rotatable bonds is 5. The Morgan fingerprint density at radius 2 is 2.19 bits per heavy atom. The molecule has 3 nitrogen and oxygen atoms in total. The Hall–Kier alpha value is -1.13. The van der Waals surface area contributed by atoms with Gasteiger partial charge in [-0.1, -0.05) is 6.92 Å². The summed E-state index contributed by atoms with van der Waals surface area (Å²) in [5.41, 5.74) is 5.80. The summed E-state index contributed by atoms with van der Waals surface area (Å²) in [4.78, 5) is 0. The Morgan fingerprint density at radius 3 is 2.62 bits per heavy atom. The van der Waals surface area contributed by atoms with Gasteiger partial charge in [0.05, 0.1) is 13.2 Å². The molecule has 1 aromatic rings. The van der Waals surface area contributed by atoms with Crippen molar-refractivity contribution in [3.8, 4) is 5.75 Å². The molecule has 0 aliphatic carbocycles. The quantitative estimate of drug-likeness (QED) is 0.807. The topological polar surface area (TPSA) is 55.5 Å². The number of methoxy groups -OCH3 is 1. The highest BCUT2D eigenvalue weighted by molar-refractivity contribution is 5.30. The first-order chi connectivity index (χ1) is 7.63. The Balaban J connectivity index is 2.95. The molecule has 0 fully saturated rings. The van der Waals surface area contributed by atoms with Gasteiger partial charge in [-0.05, 0) is 25.1 Å². The van der Waals surface area contributed by atoms with Gasteiger partial charge in [0.15, 0.2) is 0 Å². The van der Waals surface area contributed by atoms with E-state index in [1.54, 1.807) is 6.07 Å². The standard InChI is InChI=1S/C12H18FNO2/c1-3-8(7-14)12(15)10-5-4-9(16-2)6-11(10)13/h4-6,8,12,15H,3,7,14H2,1-2H3. The number of nitrogens with two attached hydrogens (primary N) is 1. The SMILES string of the molecule is CCC(CN)C(O)c1ccc(OC)cc1F. The van der Waals surface area contributed by atoms with E-state index in [1.807, 2.05) is 6.92 Å². The van der Waals surface area contributed by atoms with Crippen molar-refractivity contribution in [3.05, 3.63) is 29.6 Å². The maximum atomic E-state index is 13.6. The minimum atomic E-state index is -0.860. The summed E-state index contributed by atoms with van der Waals surface area (Å²) >= 11 is 0. The van der Waals surface area contributed by atoms with Crippen LogP contribution in [-0.4, -0.2) is 18.8 Å². The number of benzene rings is 1. The summed E-state index contributed by atoms with van der Waals surface area (Å²) in [6.07, 6.45) is -0.149. The molecule has 0 aliphatic rings. The monoisotopic (exact) mass is 227 g/mol. The molecule has 0 spiro atoms. The van der Waals surface area contributed by atoms with E-state index >= 15 is 0 Å². The van der Waals surface area contributed by atoms with E-state index in [4.69, 9.17) is 10.5 Å². The minimum absolute atomic E-state index is 0.122. The molecule has 0 saturated heterocycles. The van der Waals surface area contributed by atoms with Gasteiger partial charge >= 0.3 is 0 Å². The van der Waals surface area contributed by atoms with Crippen molar-refractivity contribution < 1.29 is 14.2 Å². The lowest BCUT2D eigenvalue weighted by molar-refractivity contribution is 0.106. The molecular weight excluding hydrogens is 209 g/mol. The summed E-state index contributed by atoms with van der Waals surface area (Å²) in [6.45, 7) is 2.26. The summed E-state index contributed by atoms with van der Waals surface area (Å²) in [6, 6.07) is 4.43. The maximum Gasteiger partial charge on any atom is 0.132 e. The van der Waals surface area contributed by atoms with E-state index < -0.39 is 11.9 Å². The maximum absolute atomic E-state index is 13.6. The molecule has 1 aromatic carbocycles. The van der Waals surface area contributed by atoms with Gasteiger partial charge in [-0.25, -0.2) is 4.39 Å². The molecule has 1 rings (SSSR count). The molecule has 2 atom stereocenters. The third kappa shape index (κ3) is 2.71. The van der Waals surface area contributed by atoms with Crippen molar-refractivity contribution in [1.82, 2.24) is 0 Å². The van der Waals surface area contributed by atoms with Crippen LogP contribution in [0.25, 0.3) is 0 Å². The second kappa shape index (κ2) is 5.82. The predicted molar refractivity (Wildman–Crippen MR) is 60.7 cm³/mol. The van der Waals surface area contributed by atoms with Crippen molar-refractivity contribution in [2.75, 3.05) is 13.7 Å². The number of halogens is 1. The fourth-order valence-electron chi connectivity index (χ4n) is 1.65. The first-order valence-electron chi connectivity index (χ1n) is 5.35. The number of aliphatic hydroxyl groups is 1. The predicted octanol–water partition coefficient (Wildman–Crippen LogP) is 1.85. The van der Waals surface area contributed by atoms with Crippen molar-refractivity contribution in [2.45, 2.75) is 19.4 Å². The highest BCUT2D eigenvalue weighted by Gasteiger charge is 2.21. The second-order valence-corrected chi connectivity index (χ2v) is 3.74. The molecule has 0 aromatic heterocycles. The molecule has 0 saturated carbocycles. The van der Waals surface area contributed by atoms with E-state index in [2.05, 4.69) is 0 Å². The van der Waals surface area contributed by atoms with Gasteiger partial charge in [-0.15, -0.1) is 0 Å². The van der Waals surface area contributed by atoms with Crippen LogP contribution in [0.3, 0.4) is 0 Å². The first-order valence-corrected chi connectivity index (χ1v) is 5.35. The minimum Gasteiger partial charge on any atom is -0.497 e. The fourth-order valence-corrected chi connectivity index (χ4v) is 1.65. The van der Waals surface area contributed by atoms with Crippen molar-refractivity contribution in [2.24, 2.45) is 11.7 Å². The Bertz CT molecular complexity index is 340. The molecule has 0 bridgehead atoms. The fraction of sp³-hybridized carbons (Fsp3) is 0.500. The van der Waals surface area contributed by atoms with Crippen LogP contribution in [-0.2, 0) is 0 Å². The molecule has 0 amide bonds. The van der Waals surface area contributed by atoms with Crippen LogP contribution in [0.2, 0.25) is 0 Å². The van der Waals surface area contributed by atoms with Crippen molar-refractivity contribution in [3.63, 3.8) is 0 Å². The zero-order valence-corrected chi connectivity index (χ0v) is 9.61. The van der Waals surface area contributed by atoms with Crippen LogP contribution in [0.5, 0.6) is 5.75 Å². The third-order valence-electron chi connectivity index (χ3n) is 2.80. The summed E-state index contributed by atoms with van der Waals surface area (Å²) < 4.78 is 18.5. The molecule has 0 radical (unpaired) electrons. The normalized spacial score (nSPS) is 14.6. The van der Waals surface area contributed by atoms with E-state index in [-0.39, 0.29) is 11.5 Å². The average molecular weight is 227 g/mol. The molecule has 3 N–H and O–H groups in total. The number of ether oxygens (including phenoxy) is 1. The summed E-state index contributed by atoms with van der Waals surface area (Å²) in [7, 11) is 1.47. The van der Waals surface area contributed by atoms with Gasteiger partial charge in [0.25, 0.3) is 0 Å². The zero-order valence-electron chi connectivity index (χ0n) is 9.61. The van der Waals surface area contributed by atoms with E-state index in [0.29, 0.717) is 18.7 Å². The lowest BCUT2D eigenvalue weighted by atomic mass is 9.93. The van der Waals surface area contributed by atoms with Gasteiger partial charge < -0.3 is 15.6 Å². The van der Waals surface area contributed by atoms with Gasteiger partial charge in [0.2, 0.25) is 0 Å². The molecule has 90 valence electrons. The summed E-state index contributed by atoms with van der Waals surface area (Å²) in [5.74, 6) is -0.143. The smallest absolute Gasteiger partial charge is 0.132 e. The van der Waals surface area contributed by atoms with E-state index in [1.165, 1.54) is 19.2 Å². The first kappa shape index (κ1) is 12.9. The van der Waals surface area contributed by atoms with Crippen LogP contribution in [0.4, 0.5) is 4.39 Å². The molecule has 16 heavy (non-hydrogen) atoms. The highest BCUT2D eigenvalue weighted by atomic mass is 19.1. The highest BCUT2D eigenvalue weighted by Crippen LogP contribution is 2.28. The number of hydrogen-bond acceptors (Lipinski definition) is 3. The number of hydrogen-bond donors (Lipinski definition) is 2. The van der Waals surface area contributed by atoms with Crippen LogP contribution < -0.4 is 10.5 Å². The van der Waals surface area contributed by atoms with Gasteiger partial charge in [0, 0.05) is 17.5 Å². The summed E-state index contributed by atoms with van der Waals surface area (Å²) in [5, 5.41) is 9.96. The number of aliphatic hydroxyl groups excluding tert-OH is 1. The molecule has 4 heteroatoms.